The lowest BCUT2D eigenvalue weighted by Crippen LogP contribution is -2.41. The zero-order valence-corrected chi connectivity index (χ0v) is 11.7. The summed E-state index contributed by atoms with van der Waals surface area (Å²) in [5.74, 6) is -1.98. The van der Waals surface area contributed by atoms with Gasteiger partial charge in [-0.3, -0.25) is 14.5 Å². The van der Waals surface area contributed by atoms with Crippen molar-refractivity contribution in [3.8, 4) is 0 Å². The molecule has 19 heavy (non-hydrogen) atoms. The standard InChI is InChI=1S/C13H14BrNO4/c14-9-5-3-8(4-6-9)11(13(18)19)15-7-1-2-10(15)12(16)17/h3-6,10-11H,1-2,7H2,(H,16,17)(H,18,19)/t10-,11?/m0/s1. The average molecular weight is 328 g/mol. The molecular formula is C13H14BrNO4. The summed E-state index contributed by atoms with van der Waals surface area (Å²) >= 11 is 3.30. The van der Waals surface area contributed by atoms with Crippen LogP contribution in [0, 0.1) is 0 Å². The van der Waals surface area contributed by atoms with Crippen LogP contribution in [0.5, 0.6) is 0 Å². The number of hydrogen-bond donors (Lipinski definition) is 2. The molecule has 0 aliphatic carbocycles. The topological polar surface area (TPSA) is 77.8 Å². The van der Waals surface area contributed by atoms with Gasteiger partial charge in [0.25, 0.3) is 0 Å². The molecule has 0 spiro atoms. The van der Waals surface area contributed by atoms with E-state index in [2.05, 4.69) is 15.9 Å². The number of nitrogens with zero attached hydrogens (tertiary/aromatic N) is 1. The molecule has 1 aliphatic rings. The first-order valence-corrected chi connectivity index (χ1v) is 6.77. The molecule has 1 aliphatic heterocycles. The summed E-state index contributed by atoms with van der Waals surface area (Å²) in [7, 11) is 0. The van der Waals surface area contributed by atoms with Gasteiger partial charge in [-0.2, -0.15) is 0 Å². The maximum absolute atomic E-state index is 11.5. The zero-order chi connectivity index (χ0) is 14.0. The molecule has 0 saturated carbocycles. The van der Waals surface area contributed by atoms with Crippen molar-refractivity contribution in [2.45, 2.75) is 24.9 Å². The molecule has 5 nitrogen and oxygen atoms in total. The predicted molar refractivity (Wildman–Crippen MR) is 71.9 cm³/mol. The number of aliphatic carboxylic acids is 2. The number of rotatable bonds is 4. The lowest BCUT2D eigenvalue weighted by Gasteiger charge is -2.28. The molecule has 1 heterocycles. The highest BCUT2D eigenvalue weighted by molar-refractivity contribution is 9.10. The number of likely N-dealkylation sites (tertiary alicyclic amines) is 1. The fourth-order valence-electron chi connectivity index (χ4n) is 2.48. The van der Waals surface area contributed by atoms with Gasteiger partial charge in [0.2, 0.25) is 0 Å². The van der Waals surface area contributed by atoms with Crippen molar-refractivity contribution in [3.05, 3.63) is 34.3 Å². The van der Waals surface area contributed by atoms with E-state index in [0.29, 0.717) is 24.9 Å². The van der Waals surface area contributed by atoms with Crippen molar-refractivity contribution in [1.82, 2.24) is 4.90 Å². The second-order valence-corrected chi connectivity index (χ2v) is 5.44. The number of carboxylic acids is 2. The Kier molecular flexibility index (Phi) is 4.21. The molecule has 102 valence electrons. The van der Waals surface area contributed by atoms with Gasteiger partial charge in [-0.15, -0.1) is 0 Å². The van der Waals surface area contributed by atoms with E-state index >= 15 is 0 Å². The Morgan fingerprint density at radius 3 is 2.42 bits per heavy atom. The number of carboxylic acid groups (broad SMARTS) is 2. The van der Waals surface area contributed by atoms with Crippen LogP contribution in [0.15, 0.2) is 28.7 Å². The van der Waals surface area contributed by atoms with Gasteiger partial charge in [0.1, 0.15) is 12.1 Å². The first kappa shape index (κ1) is 14.0. The Balaban J connectivity index is 2.32. The molecule has 0 bridgehead atoms. The van der Waals surface area contributed by atoms with Gasteiger partial charge in [-0.05, 0) is 30.5 Å². The third-order valence-electron chi connectivity index (χ3n) is 3.33. The van der Waals surface area contributed by atoms with Crippen molar-refractivity contribution >= 4 is 27.9 Å². The van der Waals surface area contributed by atoms with Gasteiger partial charge < -0.3 is 10.2 Å². The van der Waals surface area contributed by atoms with E-state index in [1.807, 2.05) is 0 Å². The van der Waals surface area contributed by atoms with Gasteiger partial charge in [0, 0.05) is 11.0 Å². The van der Waals surface area contributed by atoms with E-state index in [4.69, 9.17) is 5.11 Å². The Hall–Kier alpha value is -1.40. The molecule has 1 fully saturated rings. The largest absolute Gasteiger partial charge is 0.480 e. The van der Waals surface area contributed by atoms with E-state index in [1.54, 1.807) is 29.2 Å². The number of hydrogen-bond acceptors (Lipinski definition) is 3. The zero-order valence-electron chi connectivity index (χ0n) is 10.1. The van der Waals surface area contributed by atoms with Gasteiger partial charge in [0.05, 0.1) is 0 Å². The minimum absolute atomic E-state index is 0.490. The summed E-state index contributed by atoms with van der Waals surface area (Å²) in [5.41, 5.74) is 0.601. The van der Waals surface area contributed by atoms with Crippen LogP contribution >= 0.6 is 15.9 Å². The minimum Gasteiger partial charge on any atom is -0.480 e. The van der Waals surface area contributed by atoms with Crippen LogP contribution < -0.4 is 0 Å². The normalized spacial score (nSPS) is 21.2. The maximum atomic E-state index is 11.5. The van der Waals surface area contributed by atoms with Crippen molar-refractivity contribution in [2.24, 2.45) is 0 Å². The molecule has 1 aromatic carbocycles. The summed E-state index contributed by atoms with van der Waals surface area (Å²) in [6, 6.07) is 5.32. The van der Waals surface area contributed by atoms with Crippen LogP contribution in [0.1, 0.15) is 24.4 Å². The molecule has 2 N–H and O–H groups in total. The third kappa shape index (κ3) is 2.96. The molecule has 2 atom stereocenters. The number of carbonyl (C=O) groups is 2. The fourth-order valence-corrected chi connectivity index (χ4v) is 2.75. The molecule has 2 rings (SSSR count). The summed E-state index contributed by atoms with van der Waals surface area (Å²) in [5, 5.41) is 18.6. The van der Waals surface area contributed by atoms with E-state index in [-0.39, 0.29) is 0 Å². The smallest absolute Gasteiger partial charge is 0.325 e. The van der Waals surface area contributed by atoms with Crippen LogP contribution in [-0.4, -0.2) is 39.6 Å². The van der Waals surface area contributed by atoms with Gasteiger partial charge in [-0.1, -0.05) is 28.1 Å². The second kappa shape index (κ2) is 5.71. The van der Waals surface area contributed by atoms with Crippen molar-refractivity contribution < 1.29 is 19.8 Å². The Labute approximate surface area is 119 Å². The fraction of sp³-hybridized carbons (Fsp3) is 0.385. The van der Waals surface area contributed by atoms with E-state index in [9.17, 15) is 14.7 Å². The summed E-state index contributed by atoms with van der Waals surface area (Å²) in [4.78, 5) is 24.2. The molecule has 0 radical (unpaired) electrons. The lowest BCUT2D eigenvalue weighted by molar-refractivity contribution is -0.149. The first-order valence-electron chi connectivity index (χ1n) is 5.97. The third-order valence-corrected chi connectivity index (χ3v) is 3.86. The van der Waals surface area contributed by atoms with Crippen molar-refractivity contribution in [2.75, 3.05) is 6.54 Å². The molecular weight excluding hydrogens is 314 g/mol. The number of benzene rings is 1. The first-order chi connectivity index (χ1) is 9.00. The molecule has 0 aromatic heterocycles. The highest BCUT2D eigenvalue weighted by Crippen LogP contribution is 2.30. The predicted octanol–water partition coefficient (Wildman–Crippen LogP) is 2.12. The Morgan fingerprint density at radius 1 is 1.26 bits per heavy atom. The molecule has 0 amide bonds. The van der Waals surface area contributed by atoms with E-state index in [1.165, 1.54) is 0 Å². The average Bonchev–Trinajstić information content (AvgIpc) is 2.80. The van der Waals surface area contributed by atoms with Crippen molar-refractivity contribution in [3.63, 3.8) is 0 Å². The SMILES string of the molecule is O=C(O)C(c1ccc(Br)cc1)N1CCC[C@H]1C(=O)O. The molecule has 1 unspecified atom stereocenters. The van der Waals surface area contributed by atoms with Crippen LogP contribution in [0.2, 0.25) is 0 Å². The van der Waals surface area contributed by atoms with Crippen LogP contribution in [0.4, 0.5) is 0 Å². The Bertz CT molecular complexity index is 488. The lowest BCUT2D eigenvalue weighted by atomic mass is 10.0. The van der Waals surface area contributed by atoms with Crippen LogP contribution in [0.3, 0.4) is 0 Å². The van der Waals surface area contributed by atoms with Gasteiger partial charge >= 0.3 is 11.9 Å². The van der Waals surface area contributed by atoms with Gasteiger partial charge in [0.15, 0.2) is 0 Å². The van der Waals surface area contributed by atoms with Crippen LogP contribution in [-0.2, 0) is 9.59 Å². The highest BCUT2D eigenvalue weighted by Gasteiger charge is 2.39. The molecule has 1 saturated heterocycles. The monoisotopic (exact) mass is 327 g/mol. The summed E-state index contributed by atoms with van der Waals surface area (Å²) in [6.45, 7) is 0.490. The van der Waals surface area contributed by atoms with Crippen molar-refractivity contribution in [1.29, 1.82) is 0 Å². The molecule has 6 heteroatoms. The van der Waals surface area contributed by atoms with E-state index in [0.717, 1.165) is 4.47 Å². The maximum Gasteiger partial charge on any atom is 0.325 e. The van der Waals surface area contributed by atoms with Crippen LogP contribution in [0.25, 0.3) is 0 Å². The summed E-state index contributed by atoms with van der Waals surface area (Å²) < 4.78 is 0.858. The quantitative estimate of drug-likeness (QED) is 0.885. The van der Waals surface area contributed by atoms with E-state index < -0.39 is 24.0 Å². The molecule has 1 aromatic rings. The highest BCUT2D eigenvalue weighted by atomic mass is 79.9. The number of halogens is 1. The summed E-state index contributed by atoms with van der Waals surface area (Å²) in [6.07, 6.45) is 1.20. The van der Waals surface area contributed by atoms with Gasteiger partial charge in [-0.25, -0.2) is 0 Å². The minimum atomic E-state index is -1.02. The Morgan fingerprint density at radius 2 is 1.89 bits per heavy atom. The second-order valence-electron chi connectivity index (χ2n) is 4.53.